The van der Waals surface area contributed by atoms with Crippen molar-refractivity contribution in [2.24, 2.45) is 10.9 Å². The molecule has 182 valence electrons. The number of hydrogen-bond donors (Lipinski definition) is 2. The number of nitrogens with zero attached hydrogens (tertiary/aromatic N) is 3. The second-order valence-electron chi connectivity index (χ2n) is 9.92. The summed E-state index contributed by atoms with van der Waals surface area (Å²) in [5.41, 5.74) is -0.467. The van der Waals surface area contributed by atoms with Crippen LogP contribution in [0.25, 0.3) is 0 Å². The van der Waals surface area contributed by atoms with Gasteiger partial charge in [-0.3, -0.25) is 9.89 Å². The van der Waals surface area contributed by atoms with Crippen molar-refractivity contribution < 1.29 is 14.3 Å². The highest BCUT2D eigenvalue weighted by Crippen LogP contribution is 2.19. The Hall–Kier alpha value is -0.810. The lowest BCUT2D eigenvalue weighted by Crippen LogP contribution is -2.52. The molecular weight excluding hydrogens is 509 g/mol. The fourth-order valence-electron chi connectivity index (χ4n) is 3.85. The lowest BCUT2D eigenvalue weighted by molar-refractivity contribution is -0.00684. The molecule has 1 unspecified atom stereocenters. The second kappa shape index (κ2) is 13.0. The van der Waals surface area contributed by atoms with E-state index < -0.39 is 5.60 Å². The summed E-state index contributed by atoms with van der Waals surface area (Å²) in [6, 6.07) is 0. The Labute approximate surface area is 205 Å². The van der Waals surface area contributed by atoms with Gasteiger partial charge in [0.05, 0.1) is 19.8 Å². The van der Waals surface area contributed by atoms with Gasteiger partial charge < -0.3 is 25.0 Å². The van der Waals surface area contributed by atoms with Crippen LogP contribution in [-0.4, -0.2) is 92.0 Å². The van der Waals surface area contributed by atoms with E-state index in [1.807, 2.05) is 25.7 Å². The number of likely N-dealkylation sites (tertiary alicyclic amines) is 1. The summed E-state index contributed by atoms with van der Waals surface area (Å²) in [6.07, 6.45) is 1.90. The molecule has 9 heteroatoms. The standard InChI is InChI=1S/C22H43N5O3.HI/c1-7-23-19(25-17-22(5,6)27-11-13-29-14-12-27)24-15-18-9-8-10-26(16-18)20(28)30-21(2,3)4;/h18H,7-17H2,1-6H3,(H2,23,24,25);1H. The summed E-state index contributed by atoms with van der Waals surface area (Å²) < 4.78 is 11.0. The summed E-state index contributed by atoms with van der Waals surface area (Å²) in [7, 11) is 0. The Morgan fingerprint density at radius 3 is 2.42 bits per heavy atom. The SMILES string of the molecule is CCNC(=NCC(C)(C)N1CCOCC1)NCC1CCCN(C(=O)OC(C)(C)C)C1.I. The van der Waals surface area contributed by atoms with Gasteiger partial charge in [-0.15, -0.1) is 24.0 Å². The highest BCUT2D eigenvalue weighted by Gasteiger charge is 2.29. The molecule has 0 bridgehead atoms. The molecular formula is C22H44IN5O3. The minimum atomic E-state index is -0.458. The molecule has 2 fully saturated rings. The molecule has 1 atom stereocenters. The number of guanidine groups is 1. The molecule has 0 saturated carbocycles. The van der Waals surface area contributed by atoms with E-state index in [-0.39, 0.29) is 35.6 Å². The number of nitrogens with one attached hydrogen (secondary N) is 2. The third kappa shape index (κ3) is 10.1. The van der Waals surface area contributed by atoms with Gasteiger partial charge in [0.1, 0.15) is 5.60 Å². The van der Waals surface area contributed by atoms with Gasteiger partial charge in [0, 0.05) is 44.8 Å². The van der Waals surface area contributed by atoms with E-state index in [0.717, 1.165) is 77.8 Å². The third-order valence-corrected chi connectivity index (χ3v) is 5.56. The quantitative estimate of drug-likeness (QED) is 0.299. The van der Waals surface area contributed by atoms with Gasteiger partial charge in [0.15, 0.2) is 5.96 Å². The molecule has 31 heavy (non-hydrogen) atoms. The van der Waals surface area contributed by atoms with Crippen LogP contribution in [-0.2, 0) is 9.47 Å². The molecule has 0 aliphatic carbocycles. The number of amides is 1. The Morgan fingerprint density at radius 2 is 1.81 bits per heavy atom. The first kappa shape index (κ1) is 28.2. The van der Waals surface area contributed by atoms with Crippen LogP contribution >= 0.6 is 24.0 Å². The fourth-order valence-corrected chi connectivity index (χ4v) is 3.85. The van der Waals surface area contributed by atoms with Gasteiger partial charge >= 0.3 is 6.09 Å². The third-order valence-electron chi connectivity index (χ3n) is 5.56. The van der Waals surface area contributed by atoms with E-state index >= 15 is 0 Å². The maximum absolute atomic E-state index is 12.4. The van der Waals surface area contributed by atoms with Gasteiger partial charge in [-0.2, -0.15) is 0 Å². The smallest absolute Gasteiger partial charge is 0.410 e. The number of rotatable bonds is 6. The molecule has 0 aromatic heterocycles. The fraction of sp³-hybridized carbons (Fsp3) is 0.909. The van der Waals surface area contributed by atoms with Gasteiger partial charge in [0.2, 0.25) is 0 Å². The Kier molecular flexibility index (Phi) is 11.9. The van der Waals surface area contributed by atoms with Crippen molar-refractivity contribution in [1.29, 1.82) is 0 Å². The molecule has 1 amide bonds. The van der Waals surface area contributed by atoms with Gasteiger partial charge in [-0.25, -0.2) is 4.79 Å². The van der Waals surface area contributed by atoms with Crippen molar-refractivity contribution in [2.75, 3.05) is 59.0 Å². The minimum absolute atomic E-state index is 0. The topological polar surface area (TPSA) is 78.4 Å². The van der Waals surface area contributed by atoms with E-state index in [1.54, 1.807) is 0 Å². The average Bonchev–Trinajstić information content (AvgIpc) is 2.70. The highest BCUT2D eigenvalue weighted by molar-refractivity contribution is 14.0. The van der Waals surface area contributed by atoms with Crippen molar-refractivity contribution in [3.05, 3.63) is 0 Å². The van der Waals surface area contributed by atoms with Gasteiger partial charge in [0.25, 0.3) is 0 Å². The van der Waals surface area contributed by atoms with Crippen LogP contribution in [0.2, 0.25) is 0 Å². The zero-order valence-electron chi connectivity index (χ0n) is 20.3. The van der Waals surface area contributed by atoms with Crippen molar-refractivity contribution in [3.8, 4) is 0 Å². The maximum atomic E-state index is 12.4. The maximum Gasteiger partial charge on any atom is 0.410 e. The van der Waals surface area contributed by atoms with E-state index in [4.69, 9.17) is 14.5 Å². The van der Waals surface area contributed by atoms with Crippen molar-refractivity contribution in [2.45, 2.75) is 65.5 Å². The van der Waals surface area contributed by atoms with Crippen LogP contribution in [0.15, 0.2) is 4.99 Å². The van der Waals surface area contributed by atoms with Crippen LogP contribution in [0.3, 0.4) is 0 Å². The second-order valence-corrected chi connectivity index (χ2v) is 9.92. The van der Waals surface area contributed by atoms with Crippen molar-refractivity contribution in [1.82, 2.24) is 20.4 Å². The molecule has 8 nitrogen and oxygen atoms in total. The first-order valence-corrected chi connectivity index (χ1v) is 11.4. The van der Waals surface area contributed by atoms with E-state index in [0.29, 0.717) is 5.92 Å². The Bertz CT molecular complexity index is 574. The Balaban J connectivity index is 0.00000480. The summed E-state index contributed by atoms with van der Waals surface area (Å²) in [5, 5.41) is 6.84. The van der Waals surface area contributed by atoms with Crippen LogP contribution < -0.4 is 10.6 Å². The molecule has 2 aliphatic rings. The number of piperidine rings is 1. The van der Waals surface area contributed by atoms with E-state index in [1.165, 1.54) is 0 Å². The Morgan fingerprint density at radius 1 is 1.13 bits per heavy atom. The van der Waals surface area contributed by atoms with Crippen LogP contribution in [0.1, 0.15) is 54.4 Å². The summed E-state index contributed by atoms with van der Waals surface area (Å²) in [6.45, 7) is 19.6. The van der Waals surface area contributed by atoms with Crippen LogP contribution in [0, 0.1) is 5.92 Å². The van der Waals surface area contributed by atoms with Gasteiger partial charge in [-0.1, -0.05) is 0 Å². The molecule has 0 aromatic carbocycles. The molecule has 0 radical (unpaired) electrons. The van der Waals surface area contributed by atoms with Crippen molar-refractivity contribution >= 4 is 36.0 Å². The molecule has 0 aromatic rings. The summed E-state index contributed by atoms with van der Waals surface area (Å²) >= 11 is 0. The summed E-state index contributed by atoms with van der Waals surface area (Å²) in [4.78, 5) is 21.5. The molecule has 2 saturated heterocycles. The number of ether oxygens (including phenoxy) is 2. The number of aliphatic imine (C=N–C) groups is 1. The predicted molar refractivity (Wildman–Crippen MR) is 136 cm³/mol. The van der Waals surface area contributed by atoms with Crippen molar-refractivity contribution in [3.63, 3.8) is 0 Å². The number of halogens is 1. The molecule has 2 rings (SSSR count). The highest BCUT2D eigenvalue weighted by atomic mass is 127. The first-order valence-electron chi connectivity index (χ1n) is 11.4. The van der Waals surface area contributed by atoms with Gasteiger partial charge in [-0.05, 0) is 60.3 Å². The normalized spacial score (nSPS) is 21.3. The molecule has 2 heterocycles. The lowest BCUT2D eigenvalue weighted by Gasteiger charge is -2.40. The number of morpholine rings is 1. The van der Waals surface area contributed by atoms with E-state index in [9.17, 15) is 4.79 Å². The molecule has 0 spiro atoms. The number of hydrogen-bond acceptors (Lipinski definition) is 5. The predicted octanol–water partition coefficient (Wildman–Crippen LogP) is 2.92. The zero-order valence-corrected chi connectivity index (χ0v) is 22.7. The largest absolute Gasteiger partial charge is 0.444 e. The zero-order chi connectivity index (χ0) is 22.2. The minimum Gasteiger partial charge on any atom is -0.444 e. The summed E-state index contributed by atoms with van der Waals surface area (Å²) in [5.74, 6) is 1.23. The first-order chi connectivity index (χ1) is 14.1. The lowest BCUT2D eigenvalue weighted by atomic mass is 9.98. The average molecular weight is 554 g/mol. The monoisotopic (exact) mass is 553 g/mol. The van der Waals surface area contributed by atoms with Crippen LogP contribution in [0.4, 0.5) is 4.79 Å². The van der Waals surface area contributed by atoms with Crippen LogP contribution in [0.5, 0.6) is 0 Å². The molecule has 2 aliphatic heterocycles. The number of carbonyl (C=O) groups excluding carboxylic acids is 1. The molecule has 2 N–H and O–H groups in total. The van der Waals surface area contributed by atoms with E-state index in [2.05, 4.69) is 36.3 Å². The number of carbonyl (C=O) groups is 1.